The first-order valence-corrected chi connectivity index (χ1v) is 15.2. The Morgan fingerprint density at radius 3 is 1.85 bits per heavy atom. The normalized spacial score (nSPS) is 18.2. The fraction of sp³-hybridized carbons (Fsp3) is 0.425. The van der Waals surface area contributed by atoms with Crippen molar-refractivity contribution >= 4 is 5.78 Å². The monoisotopic (exact) mass is 552 g/mol. The maximum atomic E-state index is 12.1. The quantitative estimate of drug-likeness (QED) is 0.155. The van der Waals surface area contributed by atoms with Gasteiger partial charge < -0.3 is 0 Å². The van der Waals surface area contributed by atoms with Crippen LogP contribution in [0.5, 0.6) is 0 Å². The van der Waals surface area contributed by atoms with Crippen LogP contribution in [0, 0.1) is 5.41 Å². The van der Waals surface area contributed by atoms with Crippen LogP contribution in [-0.2, 0) is 4.79 Å². The Morgan fingerprint density at radius 1 is 0.683 bits per heavy atom. The van der Waals surface area contributed by atoms with Gasteiger partial charge in [-0.3, -0.25) is 4.79 Å². The van der Waals surface area contributed by atoms with E-state index in [1.807, 2.05) is 6.92 Å². The lowest BCUT2D eigenvalue weighted by molar-refractivity contribution is -0.116. The summed E-state index contributed by atoms with van der Waals surface area (Å²) in [5, 5.41) is 0. The second kappa shape index (κ2) is 19.0. The Kier molecular flexibility index (Phi) is 16.6. The second-order valence-electron chi connectivity index (χ2n) is 12.4. The maximum absolute atomic E-state index is 12.1. The first-order valence-electron chi connectivity index (χ1n) is 15.2. The summed E-state index contributed by atoms with van der Waals surface area (Å²) in [4.78, 5) is 12.1. The molecule has 222 valence electrons. The average molecular weight is 553 g/mol. The molecule has 0 aromatic rings. The van der Waals surface area contributed by atoms with Crippen LogP contribution >= 0.6 is 0 Å². The van der Waals surface area contributed by atoms with Gasteiger partial charge in [0.1, 0.15) is 0 Å². The van der Waals surface area contributed by atoms with Crippen molar-refractivity contribution in [1.29, 1.82) is 0 Å². The van der Waals surface area contributed by atoms with Crippen LogP contribution in [-0.4, -0.2) is 5.78 Å². The van der Waals surface area contributed by atoms with Gasteiger partial charge in [-0.15, -0.1) is 0 Å². The van der Waals surface area contributed by atoms with E-state index in [2.05, 4.69) is 147 Å². The van der Waals surface area contributed by atoms with Crippen LogP contribution in [0.25, 0.3) is 0 Å². The van der Waals surface area contributed by atoms with Gasteiger partial charge in [0.05, 0.1) is 0 Å². The highest BCUT2D eigenvalue weighted by Crippen LogP contribution is 2.39. The summed E-state index contributed by atoms with van der Waals surface area (Å²) < 4.78 is 0. The summed E-state index contributed by atoms with van der Waals surface area (Å²) in [6.45, 7) is 21.5. The number of carbonyl (C=O) groups is 1. The molecule has 0 saturated heterocycles. The molecule has 0 aromatic carbocycles. The topological polar surface area (TPSA) is 17.1 Å². The molecule has 0 fully saturated rings. The molecule has 41 heavy (non-hydrogen) atoms. The average Bonchev–Trinajstić information content (AvgIpc) is 2.88. The second-order valence-corrected chi connectivity index (χ2v) is 12.4. The molecule has 1 aliphatic rings. The molecule has 0 saturated carbocycles. The fourth-order valence-electron chi connectivity index (χ4n) is 4.58. The molecule has 0 N–H and O–H groups in total. The molecule has 0 aromatic heterocycles. The van der Waals surface area contributed by atoms with Crippen molar-refractivity contribution in [2.45, 2.75) is 108 Å². The molecule has 0 radical (unpaired) electrons. The molecule has 0 atom stereocenters. The number of hydrogen-bond acceptors (Lipinski definition) is 1. The van der Waals surface area contributed by atoms with Crippen LogP contribution in [0.2, 0.25) is 0 Å². The molecule has 0 unspecified atom stereocenters. The molecule has 0 aliphatic heterocycles. The fourth-order valence-corrected chi connectivity index (χ4v) is 4.58. The minimum Gasteiger partial charge on any atom is -0.295 e. The largest absolute Gasteiger partial charge is 0.295 e. The van der Waals surface area contributed by atoms with Crippen LogP contribution in [0.4, 0.5) is 0 Å². The number of hydrogen-bond donors (Lipinski definition) is 0. The smallest absolute Gasteiger partial charge is 0.158 e. The Hall–Kier alpha value is -3.19. The van der Waals surface area contributed by atoms with Crippen LogP contribution in [0.15, 0.2) is 130 Å². The maximum Gasteiger partial charge on any atom is 0.158 e. The molecule has 0 bridgehead atoms. The summed E-state index contributed by atoms with van der Waals surface area (Å²) in [7, 11) is 0. The van der Waals surface area contributed by atoms with Gasteiger partial charge in [0.15, 0.2) is 5.78 Å². The van der Waals surface area contributed by atoms with Crippen molar-refractivity contribution in [2.24, 2.45) is 5.41 Å². The van der Waals surface area contributed by atoms with E-state index in [1.54, 1.807) is 0 Å². The lowest BCUT2D eigenvalue weighted by Crippen LogP contribution is -2.24. The van der Waals surface area contributed by atoms with E-state index in [-0.39, 0.29) is 11.2 Å². The highest BCUT2D eigenvalue weighted by molar-refractivity contribution is 5.97. The van der Waals surface area contributed by atoms with Crippen molar-refractivity contribution in [1.82, 2.24) is 0 Å². The molecule has 0 spiro atoms. The lowest BCUT2D eigenvalue weighted by atomic mass is 9.72. The number of ketones is 1. The predicted octanol–water partition coefficient (Wildman–Crippen LogP) is 12.2. The van der Waals surface area contributed by atoms with E-state index in [0.717, 1.165) is 37.7 Å². The van der Waals surface area contributed by atoms with E-state index in [0.29, 0.717) is 6.42 Å². The highest BCUT2D eigenvalue weighted by Gasteiger charge is 2.30. The van der Waals surface area contributed by atoms with Crippen molar-refractivity contribution in [3.8, 4) is 0 Å². The van der Waals surface area contributed by atoms with E-state index < -0.39 is 0 Å². The lowest BCUT2D eigenvalue weighted by Gasteiger charge is -2.32. The number of carbonyl (C=O) groups excluding carboxylic acids is 1. The van der Waals surface area contributed by atoms with Crippen molar-refractivity contribution in [3.63, 3.8) is 0 Å². The SMILES string of the molecule is CC(C)=CCC/C(C)=C/C=C/C(C)=C/CC/C(C)=C/C=C/C=C(C)/C=C/C=C(C)/C=C/C1=C(C)C(=O)CCC1(C)C. The zero-order valence-corrected chi connectivity index (χ0v) is 27.7. The Labute approximate surface area is 253 Å². The number of Topliss-reactive ketones (excluding diaryl/α,β-unsaturated/α-hetero) is 1. The summed E-state index contributed by atoms with van der Waals surface area (Å²) in [6, 6.07) is 0. The third-order valence-corrected chi connectivity index (χ3v) is 7.45. The first kappa shape index (κ1) is 35.8. The summed E-state index contributed by atoms with van der Waals surface area (Å²) >= 11 is 0. The van der Waals surface area contributed by atoms with Crippen LogP contribution in [0.1, 0.15) is 108 Å². The first-order chi connectivity index (χ1) is 19.3. The third kappa shape index (κ3) is 16.0. The Morgan fingerprint density at radius 2 is 1.20 bits per heavy atom. The van der Waals surface area contributed by atoms with E-state index in [1.165, 1.54) is 39.0 Å². The molecular weight excluding hydrogens is 496 g/mol. The van der Waals surface area contributed by atoms with Gasteiger partial charge in [-0.2, -0.15) is 0 Å². The minimum absolute atomic E-state index is 0.0536. The third-order valence-electron chi connectivity index (χ3n) is 7.45. The summed E-state index contributed by atoms with van der Waals surface area (Å²) in [6.07, 6.45) is 36.3. The van der Waals surface area contributed by atoms with Gasteiger partial charge in [-0.05, 0) is 104 Å². The highest BCUT2D eigenvalue weighted by atomic mass is 16.1. The Bertz CT molecular complexity index is 1220. The zero-order valence-electron chi connectivity index (χ0n) is 27.7. The molecule has 0 amide bonds. The van der Waals surface area contributed by atoms with Gasteiger partial charge >= 0.3 is 0 Å². The van der Waals surface area contributed by atoms with Gasteiger partial charge in [-0.25, -0.2) is 0 Å². The Balaban J connectivity index is 2.54. The molecule has 1 rings (SSSR count). The molecule has 1 aliphatic carbocycles. The standard InChI is InChI=1S/C40H56O/c1-31(2)17-13-20-34(5)23-15-25-35(6)24-14-21-32(3)18-11-12-19-33(4)22-16-26-36(7)27-28-38-37(8)39(41)29-30-40(38,9)10/h11-12,15-19,22-28H,13-14,20-21,29-30H2,1-10H3/b12-11+,22-16+,25-15+,28-27+,32-18+,33-19+,34-23+,35-24+,36-26+. The van der Waals surface area contributed by atoms with Gasteiger partial charge in [0, 0.05) is 6.42 Å². The molecule has 1 nitrogen and oxygen atoms in total. The van der Waals surface area contributed by atoms with Gasteiger partial charge in [0.2, 0.25) is 0 Å². The predicted molar refractivity (Wildman–Crippen MR) is 184 cm³/mol. The van der Waals surface area contributed by atoms with Gasteiger partial charge in [-0.1, -0.05) is 132 Å². The number of allylic oxidation sites excluding steroid dienone is 22. The van der Waals surface area contributed by atoms with Crippen molar-refractivity contribution in [3.05, 3.63) is 130 Å². The van der Waals surface area contributed by atoms with Crippen LogP contribution < -0.4 is 0 Å². The molecular formula is C40H56O. The number of rotatable bonds is 14. The van der Waals surface area contributed by atoms with Crippen molar-refractivity contribution < 1.29 is 4.79 Å². The van der Waals surface area contributed by atoms with Crippen LogP contribution in [0.3, 0.4) is 0 Å². The van der Waals surface area contributed by atoms with Crippen molar-refractivity contribution in [2.75, 3.05) is 0 Å². The van der Waals surface area contributed by atoms with E-state index in [4.69, 9.17) is 0 Å². The molecule has 0 heterocycles. The molecule has 1 heteroatoms. The minimum atomic E-state index is 0.0536. The van der Waals surface area contributed by atoms with Gasteiger partial charge in [0.25, 0.3) is 0 Å². The summed E-state index contributed by atoms with van der Waals surface area (Å²) in [5.74, 6) is 0.282. The summed E-state index contributed by atoms with van der Waals surface area (Å²) in [5.41, 5.74) is 10.0. The van der Waals surface area contributed by atoms with E-state index >= 15 is 0 Å². The zero-order chi connectivity index (χ0) is 30.8. The van der Waals surface area contributed by atoms with E-state index in [9.17, 15) is 4.79 Å².